The van der Waals surface area contributed by atoms with E-state index >= 15 is 0 Å². The van der Waals surface area contributed by atoms with Crippen molar-refractivity contribution in [2.75, 3.05) is 18.8 Å². The Morgan fingerprint density at radius 1 is 1.21 bits per heavy atom. The number of amides is 2. The minimum Gasteiger partial charge on any atom is -0.340 e. The van der Waals surface area contributed by atoms with E-state index in [1.807, 2.05) is 20.6 Å². The number of rotatable bonds is 4. The highest BCUT2D eigenvalue weighted by Gasteiger charge is 2.46. The smallest absolute Gasteiger partial charge is 0.340 e. The predicted molar refractivity (Wildman–Crippen MR) is 103 cm³/mol. The summed E-state index contributed by atoms with van der Waals surface area (Å²) < 4.78 is 61.8. The molecule has 0 aliphatic carbocycles. The van der Waals surface area contributed by atoms with E-state index in [2.05, 4.69) is 10.4 Å². The van der Waals surface area contributed by atoms with Gasteiger partial charge >= 0.3 is 21.6 Å². The summed E-state index contributed by atoms with van der Waals surface area (Å²) in [6, 6.07) is 3.57. The van der Waals surface area contributed by atoms with Crippen LogP contribution in [0.5, 0.6) is 0 Å². The van der Waals surface area contributed by atoms with E-state index in [0.29, 0.717) is 5.56 Å². The number of aryl methyl sites for hydroxylation is 1. The maximum atomic E-state index is 12.6. The minimum atomic E-state index is -5.57. The maximum Gasteiger partial charge on any atom is 0.516 e. The van der Waals surface area contributed by atoms with E-state index < -0.39 is 21.6 Å². The van der Waals surface area contributed by atoms with E-state index in [-0.39, 0.29) is 17.0 Å². The topological polar surface area (TPSA) is 108 Å². The van der Waals surface area contributed by atoms with Gasteiger partial charge in [0, 0.05) is 19.7 Å². The zero-order chi connectivity index (χ0) is 22.7. The van der Waals surface area contributed by atoms with Crippen LogP contribution in [0.3, 0.4) is 0 Å². The number of nitrogens with zero attached hydrogens (tertiary/aromatic N) is 2. The molecule has 0 bridgehead atoms. The van der Waals surface area contributed by atoms with Gasteiger partial charge in [-0.05, 0) is 26.0 Å². The molecule has 1 rings (SSSR count). The van der Waals surface area contributed by atoms with Crippen LogP contribution < -0.4 is 10.0 Å². The molecule has 0 aliphatic heterocycles. The quantitative estimate of drug-likeness (QED) is 0.570. The largest absolute Gasteiger partial charge is 0.516 e. The van der Waals surface area contributed by atoms with E-state index in [0.717, 1.165) is 5.01 Å². The summed E-state index contributed by atoms with van der Waals surface area (Å²) in [6.07, 6.45) is 0. The number of benzene rings is 1. The summed E-state index contributed by atoms with van der Waals surface area (Å²) in [5.74, 6) is 0. The van der Waals surface area contributed by atoms with Crippen molar-refractivity contribution >= 4 is 34.2 Å². The lowest BCUT2D eigenvalue weighted by molar-refractivity contribution is -0.0980. The van der Waals surface area contributed by atoms with Crippen molar-refractivity contribution < 1.29 is 31.2 Å². The Hall–Kier alpha value is -2.63. The number of nitrogens with one attached hydrogen (secondary N) is 2. The summed E-state index contributed by atoms with van der Waals surface area (Å²) in [5, 5.41) is 7.20. The summed E-state index contributed by atoms with van der Waals surface area (Å²) in [7, 11) is -2.83. The van der Waals surface area contributed by atoms with Gasteiger partial charge < -0.3 is 10.1 Å². The molecule has 1 aromatic rings. The Kier molecular flexibility index (Phi) is 11.8. The van der Waals surface area contributed by atoms with Gasteiger partial charge in [-0.3, -0.25) is 4.72 Å². The van der Waals surface area contributed by atoms with Crippen molar-refractivity contribution in [1.82, 2.24) is 10.3 Å². The van der Waals surface area contributed by atoms with E-state index in [1.165, 1.54) is 43.9 Å². The average Bonchev–Trinajstić information content (AvgIpc) is 2.64. The Morgan fingerprint density at radius 2 is 1.71 bits per heavy atom. The van der Waals surface area contributed by atoms with Crippen LogP contribution >= 0.6 is 0 Å². The third kappa shape index (κ3) is 7.94. The van der Waals surface area contributed by atoms with Gasteiger partial charge in [0.1, 0.15) is 6.79 Å². The molecule has 8 nitrogen and oxygen atoms in total. The van der Waals surface area contributed by atoms with Gasteiger partial charge in [0.25, 0.3) is 0 Å². The van der Waals surface area contributed by atoms with E-state index in [9.17, 15) is 26.4 Å². The van der Waals surface area contributed by atoms with Crippen molar-refractivity contribution in [2.24, 2.45) is 5.10 Å². The lowest BCUT2D eigenvalue weighted by Gasteiger charge is -2.16. The molecular formula is C16H25F3N4O4S. The molecule has 0 fully saturated rings. The maximum absolute atomic E-state index is 12.6. The highest BCUT2D eigenvalue weighted by molar-refractivity contribution is 7.93. The van der Waals surface area contributed by atoms with E-state index in [4.69, 9.17) is 4.79 Å². The van der Waals surface area contributed by atoms with Crippen LogP contribution in [0.1, 0.15) is 31.9 Å². The Labute approximate surface area is 162 Å². The van der Waals surface area contributed by atoms with Crippen molar-refractivity contribution in [3.8, 4) is 0 Å². The van der Waals surface area contributed by atoms with Gasteiger partial charge in [-0.1, -0.05) is 25.5 Å². The number of alkyl halides is 3. The van der Waals surface area contributed by atoms with Crippen molar-refractivity contribution in [2.45, 2.75) is 33.2 Å². The molecule has 2 N–H and O–H groups in total. The molecule has 0 radical (unpaired) electrons. The first kappa shape index (κ1) is 27.6. The first-order valence-corrected chi connectivity index (χ1v) is 9.37. The number of anilines is 1. The number of carbonyl (C=O) groups excluding carboxylic acids is 2. The van der Waals surface area contributed by atoms with Gasteiger partial charge in [0.15, 0.2) is 0 Å². The number of sulfonamides is 1. The highest BCUT2D eigenvalue weighted by Crippen LogP contribution is 2.28. The van der Waals surface area contributed by atoms with Crippen LogP contribution in [0.2, 0.25) is 0 Å². The molecule has 0 saturated heterocycles. The van der Waals surface area contributed by atoms with Gasteiger partial charge in [-0.2, -0.15) is 26.7 Å². The number of hydrazone groups is 1. The van der Waals surface area contributed by atoms with Crippen molar-refractivity contribution in [1.29, 1.82) is 0 Å². The predicted octanol–water partition coefficient (Wildman–Crippen LogP) is 3.09. The summed E-state index contributed by atoms with van der Waals surface area (Å²) in [4.78, 5) is 19.4. The van der Waals surface area contributed by atoms with Crippen molar-refractivity contribution in [3.05, 3.63) is 29.3 Å². The zero-order valence-electron chi connectivity index (χ0n) is 16.5. The van der Waals surface area contributed by atoms with Crippen LogP contribution in [0.15, 0.2) is 23.3 Å². The third-order valence-corrected chi connectivity index (χ3v) is 4.02. The molecular weight excluding hydrogens is 401 g/mol. The number of hydrogen-bond acceptors (Lipinski definition) is 5. The fourth-order valence-corrected chi connectivity index (χ4v) is 2.32. The number of hydrogen-bond donors (Lipinski definition) is 2. The molecule has 0 aliphatic rings. The first-order valence-electron chi connectivity index (χ1n) is 7.88. The fourth-order valence-electron chi connectivity index (χ4n) is 1.74. The van der Waals surface area contributed by atoms with Crippen LogP contribution in [0.4, 0.5) is 23.7 Å². The fraction of sp³-hybridized carbons (Fsp3) is 0.438. The molecule has 2 amide bonds. The monoisotopic (exact) mass is 426 g/mol. The van der Waals surface area contributed by atoms with E-state index in [1.54, 1.807) is 6.92 Å². The second-order valence-corrected chi connectivity index (χ2v) is 6.54. The van der Waals surface area contributed by atoms with Crippen molar-refractivity contribution in [3.63, 3.8) is 0 Å². The molecule has 0 atom stereocenters. The first-order chi connectivity index (χ1) is 12.9. The molecule has 0 spiro atoms. The van der Waals surface area contributed by atoms with Crippen LogP contribution in [-0.2, 0) is 14.8 Å². The Bertz CT molecular complexity index is 781. The molecule has 160 valence electrons. The lowest BCUT2D eigenvalue weighted by Crippen LogP contribution is -2.32. The van der Waals surface area contributed by atoms with Gasteiger partial charge in [0.05, 0.1) is 11.4 Å². The molecule has 1 aromatic carbocycles. The molecule has 0 saturated carbocycles. The van der Waals surface area contributed by atoms with Crippen LogP contribution in [0, 0.1) is 6.92 Å². The zero-order valence-corrected chi connectivity index (χ0v) is 17.3. The highest BCUT2D eigenvalue weighted by atomic mass is 32.2. The SMILES string of the molecule is C=O.CC.CNC(=O)N(C)/N=C(\C)c1cc(C)ccc1NS(=O)(=O)C(F)(F)F. The number of carbonyl (C=O) groups is 2. The van der Waals surface area contributed by atoms with Gasteiger partial charge in [-0.25, -0.2) is 9.80 Å². The standard InChI is InChI=1S/C13H17F3N4O3S.C2H6.CH2O/c1-8-5-6-11(19-24(22,23)13(14,15)16)10(7-8)9(2)18-20(4)12(21)17-3;2*1-2/h5-7,19H,1-4H3,(H,17,21);1-2H3;1H2/b18-9+;;. The molecule has 12 heteroatoms. The summed E-state index contributed by atoms with van der Waals surface area (Å²) in [5.41, 5.74) is -4.77. The summed E-state index contributed by atoms with van der Waals surface area (Å²) in [6.45, 7) is 9.13. The second kappa shape index (κ2) is 12.0. The van der Waals surface area contributed by atoms with Gasteiger partial charge in [0.2, 0.25) is 0 Å². The minimum absolute atomic E-state index is 0.124. The molecule has 28 heavy (non-hydrogen) atoms. The number of halogens is 3. The summed E-state index contributed by atoms with van der Waals surface area (Å²) >= 11 is 0. The number of urea groups is 1. The third-order valence-electron chi connectivity index (χ3n) is 2.92. The average molecular weight is 426 g/mol. The Balaban J connectivity index is 0. The Morgan fingerprint density at radius 3 is 2.14 bits per heavy atom. The molecule has 0 unspecified atom stereocenters. The lowest BCUT2D eigenvalue weighted by atomic mass is 10.1. The van der Waals surface area contributed by atoms with Gasteiger partial charge in [-0.15, -0.1) is 0 Å². The van der Waals surface area contributed by atoms with Crippen LogP contribution in [0.25, 0.3) is 0 Å². The second-order valence-electron chi connectivity index (χ2n) is 4.86. The molecule has 0 aromatic heterocycles. The molecule has 0 heterocycles. The normalized spacial score (nSPS) is 11.2. The van der Waals surface area contributed by atoms with Crippen LogP contribution in [-0.4, -0.2) is 51.6 Å².